The van der Waals surface area contributed by atoms with Gasteiger partial charge in [0.2, 0.25) is 5.91 Å². The van der Waals surface area contributed by atoms with E-state index in [2.05, 4.69) is 15.4 Å². The van der Waals surface area contributed by atoms with Crippen LogP contribution in [0.15, 0.2) is 59.5 Å². The average molecular weight is 332 g/mol. The van der Waals surface area contributed by atoms with E-state index >= 15 is 0 Å². The summed E-state index contributed by atoms with van der Waals surface area (Å²) in [5.41, 5.74) is 2.09. The number of aryl methyl sites for hydroxylation is 1. The molecule has 6 heteroatoms. The van der Waals surface area contributed by atoms with Crippen LogP contribution in [0.1, 0.15) is 5.69 Å². The van der Waals surface area contributed by atoms with Crippen molar-refractivity contribution >= 4 is 33.3 Å². The Morgan fingerprint density at radius 2 is 1.96 bits per heavy atom. The predicted octanol–water partition coefficient (Wildman–Crippen LogP) is 2.60. The zero-order valence-corrected chi connectivity index (χ0v) is 13.6. The summed E-state index contributed by atoms with van der Waals surface area (Å²) in [5, 5.41) is 9.51. The molecular formula is C19H16N4O2. The molecule has 0 radical (unpaired) electrons. The van der Waals surface area contributed by atoms with Gasteiger partial charge in [-0.15, -0.1) is 0 Å². The number of carbonyl (C=O) groups is 1. The molecule has 4 aromatic rings. The van der Waals surface area contributed by atoms with Gasteiger partial charge in [0.1, 0.15) is 0 Å². The van der Waals surface area contributed by atoms with Gasteiger partial charge in [-0.05, 0) is 29.7 Å². The van der Waals surface area contributed by atoms with Crippen LogP contribution in [0.25, 0.3) is 21.7 Å². The maximum absolute atomic E-state index is 12.4. The van der Waals surface area contributed by atoms with Crippen LogP contribution in [0.5, 0.6) is 0 Å². The number of amides is 1. The second kappa shape index (κ2) is 5.90. The van der Waals surface area contributed by atoms with Gasteiger partial charge in [-0.3, -0.25) is 9.59 Å². The molecule has 4 rings (SSSR count). The lowest BCUT2D eigenvalue weighted by molar-refractivity contribution is -0.115. The first-order chi connectivity index (χ1) is 12.1. The van der Waals surface area contributed by atoms with Gasteiger partial charge in [-0.2, -0.15) is 5.10 Å². The van der Waals surface area contributed by atoms with E-state index in [4.69, 9.17) is 0 Å². The predicted molar refractivity (Wildman–Crippen MR) is 97.6 cm³/mol. The summed E-state index contributed by atoms with van der Waals surface area (Å²) < 4.78 is 1.27. The van der Waals surface area contributed by atoms with Crippen LogP contribution in [0.3, 0.4) is 0 Å². The quantitative estimate of drug-likeness (QED) is 0.605. The van der Waals surface area contributed by atoms with E-state index in [-0.39, 0.29) is 17.9 Å². The maximum Gasteiger partial charge on any atom is 0.274 e. The molecule has 0 fully saturated rings. The summed E-state index contributed by atoms with van der Waals surface area (Å²) in [6.07, 6.45) is 1.95. The zero-order chi connectivity index (χ0) is 17.4. The minimum atomic E-state index is -0.179. The zero-order valence-electron chi connectivity index (χ0n) is 13.6. The lowest BCUT2D eigenvalue weighted by Crippen LogP contribution is -2.24. The highest BCUT2D eigenvalue weighted by atomic mass is 16.1. The van der Waals surface area contributed by atoms with Crippen LogP contribution in [-0.4, -0.2) is 20.7 Å². The third kappa shape index (κ3) is 2.78. The van der Waals surface area contributed by atoms with Crippen LogP contribution in [0.2, 0.25) is 0 Å². The molecule has 0 aliphatic carbocycles. The Morgan fingerprint density at radius 3 is 2.80 bits per heavy atom. The van der Waals surface area contributed by atoms with Crippen molar-refractivity contribution < 1.29 is 4.79 Å². The molecule has 0 unspecified atom stereocenters. The van der Waals surface area contributed by atoms with Crippen molar-refractivity contribution in [3.05, 3.63) is 70.8 Å². The second-order valence-electron chi connectivity index (χ2n) is 5.93. The van der Waals surface area contributed by atoms with E-state index < -0.39 is 0 Å². The maximum atomic E-state index is 12.4. The summed E-state index contributed by atoms with van der Waals surface area (Å²) in [6.45, 7) is 0. The molecule has 0 saturated heterocycles. The topological polar surface area (TPSA) is 79.8 Å². The van der Waals surface area contributed by atoms with Crippen molar-refractivity contribution in [2.45, 2.75) is 6.42 Å². The smallest absolute Gasteiger partial charge is 0.274 e. The molecule has 1 amide bonds. The molecule has 2 N–H and O–H groups in total. The SMILES string of the molecule is Cn1nc(CC(=O)Nc2ccc3cc[nH]c3c2)c2ccccc2c1=O. The molecule has 0 atom stereocenters. The van der Waals surface area contributed by atoms with Crippen molar-refractivity contribution in [2.24, 2.45) is 7.05 Å². The summed E-state index contributed by atoms with van der Waals surface area (Å²) in [6, 6.07) is 14.9. The second-order valence-corrected chi connectivity index (χ2v) is 5.93. The molecular weight excluding hydrogens is 316 g/mol. The van der Waals surface area contributed by atoms with Gasteiger partial charge in [0.25, 0.3) is 5.56 Å². The number of aromatic amines is 1. The first-order valence-corrected chi connectivity index (χ1v) is 7.94. The monoisotopic (exact) mass is 332 g/mol. The van der Waals surface area contributed by atoms with E-state index in [1.165, 1.54) is 4.68 Å². The molecule has 2 aromatic heterocycles. The highest BCUT2D eigenvalue weighted by molar-refractivity contribution is 5.96. The minimum absolute atomic E-state index is 0.0946. The number of nitrogens with one attached hydrogen (secondary N) is 2. The van der Waals surface area contributed by atoms with Crippen LogP contribution in [0.4, 0.5) is 5.69 Å². The molecule has 0 spiro atoms. The van der Waals surface area contributed by atoms with Crippen molar-refractivity contribution in [3.8, 4) is 0 Å². The number of rotatable bonds is 3. The highest BCUT2D eigenvalue weighted by Gasteiger charge is 2.12. The van der Waals surface area contributed by atoms with Crippen molar-refractivity contribution in [3.63, 3.8) is 0 Å². The third-order valence-corrected chi connectivity index (χ3v) is 4.20. The van der Waals surface area contributed by atoms with Gasteiger partial charge < -0.3 is 10.3 Å². The number of benzene rings is 2. The van der Waals surface area contributed by atoms with Crippen molar-refractivity contribution in [1.29, 1.82) is 0 Å². The number of anilines is 1. The molecule has 0 bridgehead atoms. The first kappa shape index (κ1) is 15.1. The normalized spacial score (nSPS) is 11.1. The molecule has 2 heterocycles. The molecule has 0 aliphatic heterocycles. The minimum Gasteiger partial charge on any atom is -0.361 e. The largest absolute Gasteiger partial charge is 0.361 e. The lowest BCUT2D eigenvalue weighted by atomic mass is 10.1. The van der Waals surface area contributed by atoms with Crippen LogP contribution < -0.4 is 10.9 Å². The van der Waals surface area contributed by atoms with Crippen LogP contribution >= 0.6 is 0 Å². The van der Waals surface area contributed by atoms with Gasteiger partial charge in [0, 0.05) is 29.8 Å². The number of aromatic nitrogens is 3. The Labute approximate surface area is 143 Å². The number of hydrogen-bond acceptors (Lipinski definition) is 3. The fourth-order valence-electron chi connectivity index (χ4n) is 2.99. The standard InChI is InChI=1S/C19H16N4O2/c1-23-19(25)15-5-3-2-4-14(15)17(22-23)11-18(24)21-13-7-6-12-8-9-20-16(12)10-13/h2-10,20H,11H2,1H3,(H,21,24). The van der Waals surface area contributed by atoms with E-state index in [1.54, 1.807) is 19.2 Å². The molecule has 0 aliphatic rings. The summed E-state index contributed by atoms with van der Waals surface area (Å²) in [5.74, 6) is -0.179. The Bertz CT molecular complexity index is 1160. The first-order valence-electron chi connectivity index (χ1n) is 7.94. The van der Waals surface area contributed by atoms with Crippen LogP contribution in [0, 0.1) is 0 Å². The van der Waals surface area contributed by atoms with E-state index in [9.17, 15) is 9.59 Å². The Balaban J connectivity index is 1.63. The summed E-state index contributed by atoms with van der Waals surface area (Å²) in [4.78, 5) is 27.7. The molecule has 0 saturated carbocycles. The van der Waals surface area contributed by atoms with Gasteiger partial charge in [-0.25, -0.2) is 4.68 Å². The number of hydrogen-bond donors (Lipinski definition) is 2. The molecule has 6 nitrogen and oxygen atoms in total. The van der Waals surface area contributed by atoms with Gasteiger partial charge in [0.15, 0.2) is 0 Å². The molecule has 124 valence electrons. The van der Waals surface area contributed by atoms with Crippen molar-refractivity contribution in [2.75, 3.05) is 5.32 Å². The van der Waals surface area contributed by atoms with E-state index in [0.717, 1.165) is 10.9 Å². The van der Waals surface area contributed by atoms with Gasteiger partial charge in [0.05, 0.1) is 17.5 Å². The van der Waals surface area contributed by atoms with Crippen LogP contribution in [-0.2, 0) is 18.3 Å². The number of fused-ring (bicyclic) bond motifs is 2. The molecule has 2 aromatic carbocycles. The number of H-pyrrole nitrogens is 1. The number of carbonyl (C=O) groups excluding carboxylic acids is 1. The fraction of sp³-hybridized carbons (Fsp3) is 0.105. The Morgan fingerprint density at radius 1 is 1.16 bits per heavy atom. The Kier molecular flexibility index (Phi) is 3.57. The van der Waals surface area contributed by atoms with E-state index in [1.807, 2.05) is 42.6 Å². The third-order valence-electron chi connectivity index (χ3n) is 4.20. The lowest BCUT2D eigenvalue weighted by Gasteiger charge is -2.09. The average Bonchev–Trinajstić information content (AvgIpc) is 3.07. The summed E-state index contributed by atoms with van der Waals surface area (Å²) in [7, 11) is 1.59. The summed E-state index contributed by atoms with van der Waals surface area (Å²) >= 11 is 0. The van der Waals surface area contributed by atoms with Crippen molar-refractivity contribution in [1.82, 2.24) is 14.8 Å². The Hall–Kier alpha value is -3.41. The van der Waals surface area contributed by atoms with Gasteiger partial charge >= 0.3 is 0 Å². The number of nitrogens with zero attached hydrogens (tertiary/aromatic N) is 2. The highest BCUT2D eigenvalue weighted by Crippen LogP contribution is 2.18. The van der Waals surface area contributed by atoms with Gasteiger partial charge in [-0.1, -0.05) is 24.3 Å². The van der Waals surface area contributed by atoms with E-state index in [0.29, 0.717) is 22.2 Å². The fourth-order valence-corrected chi connectivity index (χ4v) is 2.99. The molecule has 25 heavy (non-hydrogen) atoms.